The van der Waals surface area contributed by atoms with Gasteiger partial charge in [0.05, 0.1) is 6.61 Å². The number of hydrogen-bond acceptors (Lipinski definition) is 4. The van der Waals surface area contributed by atoms with Gasteiger partial charge in [-0.05, 0) is 35.7 Å². The Morgan fingerprint density at radius 2 is 1.96 bits per heavy atom. The Labute approximate surface area is 139 Å². The average Bonchev–Trinajstić information content (AvgIpc) is 2.61. The fraction of sp³-hybridized carbons (Fsp3) is 0.222. The van der Waals surface area contributed by atoms with E-state index in [1.807, 2.05) is 36.4 Å². The van der Waals surface area contributed by atoms with Crippen molar-refractivity contribution in [2.75, 3.05) is 11.9 Å². The summed E-state index contributed by atoms with van der Waals surface area (Å²) in [5, 5.41) is 2.80. The fourth-order valence-corrected chi connectivity index (χ4v) is 2.40. The van der Waals surface area contributed by atoms with E-state index in [1.54, 1.807) is 12.1 Å². The summed E-state index contributed by atoms with van der Waals surface area (Å²) in [7, 11) is 0. The third kappa shape index (κ3) is 4.33. The second-order valence-electron chi connectivity index (χ2n) is 5.46. The zero-order chi connectivity index (χ0) is 16.8. The summed E-state index contributed by atoms with van der Waals surface area (Å²) in [5.74, 6) is 0.242. The molecule has 6 heteroatoms. The number of anilines is 1. The molecule has 124 valence electrons. The van der Waals surface area contributed by atoms with Crippen molar-refractivity contribution >= 4 is 17.5 Å². The Morgan fingerprint density at radius 1 is 1.12 bits per heavy atom. The van der Waals surface area contributed by atoms with E-state index in [0.29, 0.717) is 25.2 Å². The zero-order valence-corrected chi connectivity index (χ0v) is 13.1. The molecule has 1 aliphatic rings. The van der Waals surface area contributed by atoms with Crippen LogP contribution >= 0.6 is 0 Å². The second kappa shape index (κ2) is 7.61. The van der Waals surface area contributed by atoms with Gasteiger partial charge < -0.3 is 10.1 Å². The van der Waals surface area contributed by atoms with Gasteiger partial charge in [-0.2, -0.15) is 0 Å². The van der Waals surface area contributed by atoms with Crippen molar-refractivity contribution in [1.29, 1.82) is 0 Å². The molecule has 0 aliphatic carbocycles. The normalized spacial score (nSPS) is 12.9. The molecule has 2 N–H and O–H groups in total. The summed E-state index contributed by atoms with van der Waals surface area (Å²) in [6.45, 7) is 0.158. The number of aryl methyl sites for hydroxylation is 1. The van der Waals surface area contributed by atoms with Gasteiger partial charge in [-0.25, -0.2) is 5.48 Å². The summed E-state index contributed by atoms with van der Waals surface area (Å²) >= 11 is 0. The third-order valence-corrected chi connectivity index (χ3v) is 3.61. The van der Waals surface area contributed by atoms with E-state index in [4.69, 9.17) is 9.57 Å². The molecule has 0 unspecified atom stereocenters. The van der Waals surface area contributed by atoms with Crippen molar-refractivity contribution in [3.05, 3.63) is 59.7 Å². The van der Waals surface area contributed by atoms with Crippen LogP contribution in [0.15, 0.2) is 48.5 Å². The van der Waals surface area contributed by atoms with Crippen molar-refractivity contribution in [3.63, 3.8) is 0 Å². The van der Waals surface area contributed by atoms with E-state index >= 15 is 0 Å². The first-order chi connectivity index (χ1) is 11.7. The van der Waals surface area contributed by atoms with E-state index in [0.717, 1.165) is 16.8 Å². The summed E-state index contributed by atoms with van der Waals surface area (Å²) in [6, 6.07) is 14.9. The van der Waals surface area contributed by atoms with Crippen LogP contribution in [0.2, 0.25) is 0 Å². The maximum absolute atomic E-state index is 11.7. The van der Waals surface area contributed by atoms with Gasteiger partial charge in [-0.15, -0.1) is 0 Å². The fourth-order valence-electron chi connectivity index (χ4n) is 2.40. The smallest absolute Gasteiger partial charge is 0.281 e. The number of benzene rings is 2. The molecule has 0 saturated heterocycles. The summed E-state index contributed by atoms with van der Waals surface area (Å²) in [6.07, 6.45) is 1.13. The number of carbonyl (C=O) groups is 2. The molecule has 3 rings (SSSR count). The van der Waals surface area contributed by atoms with E-state index in [1.165, 1.54) is 0 Å². The molecule has 1 aliphatic heterocycles. The van der Waals surface area contributed by atoms with Crippen LogP contribution in [-0.4, -0.2) is 18.4 Å². The number of nitrogens with one attached hydrogen (secondary N) is 2. The first-order valence-electron chi connectivity index (χ1n) is 7.71. The van der Waals surface area contributed by atoms with E-state index in [9.17, 15) is 9.59 Å². The highest BCUT2D eigenvalue weighted by atomic mass is 16.7. The minimum atomic E-state index is -0.364. The van der Waals surface area contributed by atoms with Crippen LogP contribution in [0.1, 0.15) is 17.5 Å². The van der Waals surface area contributed by atoms with Gasteiger partial charge in [0.1, 0.15) is 5.75 Å². The Balaban J connectivity index is 1.44. The molecule has 0 saturated carbocycles. The zero-order valence-electron chi connectivity index (χ0n) is 13.1. The lowest BCUT2D eigenvalue weighted by molar-refractivity contribution is -0.136. The SMILES string of the molecule is O=C(COc1ccc2c(c1)CCC(=O)N2)NOCc1ccccc1. The molecule has 0 bridgehead atoms. The number of amides is 2. The second-order valence-corrected chi connectivity index (χ2v) is 5.46. The summed E-state index contributed by atoms with van der Waals surface area (Å²) < 4.78 is 5.46. The van der Waals surface area contributed by atoms with E-state index in [-0.39, 0.29) is 18.4 Å². The van der Waals surface area contributed by atoms with Crippen molar-refractivity contribution < 1.29 is 19.2 Å². The molecule has 24 heavy (non-hydrogen) atoms. The molecule has 0 fully saturated rings. The minimum Gasteiger partial charge on any atom is -0.484 e. The lowest BCUT2D eigenvalue weighted by Crippen LogP contribution is -2.29. The highest BCUT2D eigenvalue weighted by Crippen LogP contribution is 2.26. The molecule has 0 spiro atoms. The Morgan fingerprint density at radius 3 is 2.79 bits per heavy atom. The van der Waals surface area contributed by atoms with Crippen molar-refractivity contribution in [2.24, 2.45) is 0 Å². The predicted octanol–water partition coefficient (Wildman–Crippen LogP) is 2.20. The minimum absolute atomic E-state index is 0.0195. The van der Waals surface area contributed by atoms with Crippen LogP contribution in [0, 0.1) is 0 Å². The van der Waals surface area contributed by atoms with Crippen molar-refractivity contribution in [1.82, 2.24) is 5.48 Å². The van der Waals surface area contributed by atoms with Gasteiger partial charge in [-0.1, -0.05) is 30.3 Å². The van der Waals surface area contributed by atoms with Crippen LogP contribution < -0.4 is 15.5 Å². The van der Waals surface area contributed by atoms with Gasteiger partial charge in [0.25, 0.3) is 5.91 Å². The maximum Gasteiger partial charge on any atom is 0.281 e. The molecular formula is C18H18N2O4. The van der Waals surface area contributed by atoms with Crippen LogP contribution in [0.25, 0.3) is 0 Å². The number of carbonyl (C=O) groups excluding carboxylic acids is 2. The van der Waals surface area contributed by atoms with Crippen LogP contribution in [0.5, 0.6) is 5.75 Å². The average molecular weight is 326 g/mol. The summed E-state index contributed by atoms with van der Waals surface area (Å²) in [4.78, 5) is 28.2. The topological polar surface area (TPSA) is 76.7 Å². The van der Waals surface area contributed by atoms with Gasteiger partial charge in [0.2, 0.25) is 5.91 Å². The molecule has 6 nitrogen and oxygen atoms in total. The Bertz CT molecular complexity index is 731. The van der Waals surface area contributed by atoms with Gasteiger partial charge in [-0.3, -0.25) is 14.4 Å². The van der Waals surface area contributed by atoms with Gasteiger partial charge in [0.15, 0.2) is 6.61 Å². The molecule has 2 amide bonds. The highest BCUT2D eigenvalue weighted by Gasteiger charge is 2.15. The van der Waals surface area contributed by atoms with Crippen molar-refractivity contribution in [2.45, 2.75) is 19.4 Å². The number of fused-ring (bicyclic) bond motifs is 1. The lowest BCUT2D eigenvalue weighted by atomic mass is 10.0. The van der Waals surface area contributed by atoms with E-state index in [2.05, 4.69) is 10.8 Å². The van der Waals surface area contributed by atoms with Gasteiger partial charge in [0, 0.05) is 12.1 Å². The molecule has 2 aromatic carbocycles. The first kappa shape index (κ1) is 16.0. The molecule has 0 atom stereocenters. The monoisotopic (exact) mass is 326 g/mol. The Kier molecular flexibility index (Phi) is 5.08. The number of rotatable bonds is 6. The molecule has 1 heterocycles. The largest absolute Gasteiger partial charge is 0.484 e. The molecule has 0 aromatic heterocycles. The van der Waals surface area contributed by atoms with Gasteiger partial charge >= 0.3 is 0 Å². The standard InChI is InChI=1S/C18H18N2O4/c21-17-9-6-14-10-15(7-8-16(14)19-17)23-12-18(22)20-24-11-13-4-2-1-3-5-13/h1-5,7-8,10H,6,9,11-12H2,(H,19,21)(H,20,22). The molecule has 2 aromatic rings. The lowest BCUT2D eigenvalue weighted by Gasteiger charge is -2.17. The number of hydroxylamine groups is 1. The molecule has 0 radical (unpaired) electrons. The van der Waals surface area contributed by atoms with Crippen molar-refractivity contribution in [3.8, 4) is 5.75 Å². The first-order valence-corrected chi connectivity index (χ1v) is 7.71. The predicted molar refractivity (Wildman–Crippen MR) is 88.3 cm³/mol. The van der Waals surface area contributed by atoms with E-state index < -0.39 is 0 Å². The Hall–Kier alpha value is -2.86. The highest BCUT2D eigenvalue weighted by molar-refractivity contribution is 5.94. The number of hydrogen-bond donors (Lipinski definition) is 2. The van der Waals surface area contributed by atoms with Crippen LogP contribution in [-0.2, 0) is 27.5 Å². The number of ether oxygens (including phenoxy) is 1. The maximum atomic E-state index is 11.7. The molecular weight excluding hydrogens is 308 g/mol. The van der Waals surface area contributed by atoms with Crippen LogP contribution in [0.3, 0.4) is 0 Å². The quantitative estimate of drug-likeness (QED) is 0.798. The van der Waals surface area contributed by atoms with Crippen LogP contribution in [0.4, 0.5) is 5.69 Å². The third-order valence-electron chi connectivity index (χ3n) is 3.61. The summed E-state index contributed by atoms with van der Waals surface area (Å²) in [5.41, 5.74) is 5.12.